The van der Waals surface area contributed by atoms with E-state index in [1.165, 1.54) is 6.07 Å². The molecule has 0 fully saturated rings. The molecule has 3 aromatic rings. The number of nitrogens with zero attached hydrogens (tertiary/aromatic N) is 2. The van der Waals surface area contributed by atoms with Gasteiger partial charge in [-0.15, -0.1) is 0 Å². The molecule has 3 rings (SSSR count). The topological polar surface area (TPSA) is 59.2 Å². The smallest absolute Gasteiger partial charge is 0.262 e. The molecule has 0 saturated carbocycles. The number of rotatable bonds is 2. The zero-order chi connectivity index (χ0) is 14.1. The van der Waals surface area contributed by atoms with Crippen LogP contribution in [0.2, 0.25) is 0 Å². The lowest BCUT2D eigenvalue weighted by Gasteiger charge is -1.99. The van der Waals surface area contributed by atoms with E-state index in [1.54, 1.807) is 0 Å². The van der Waals surface area contributed by atoms with Gasteiger partial charge in [0.15, 0.2) is 0 Å². The second-order valence-electron chi connectivity index (χ2n) is 4.40. The molecule has 4 nitrogen and oxygen atoms in total. The van der Waals surface area contributed by atoms with Gasteiger partial charge < -0.3 is 9.63 Å². The monoisotopic (exact) mass is 270 g/mol. The largest absolute Gasteiger partial charge is 0.507 e. The van der Waals surface area contributed by atoms with Crippen LogP contribution in [0, 0.1) is 12.7 Å². The first-order chi connectivity index (χ1) is 9.65. The van der Waals surface area contributed by atoms with Crippen molar-refractivity contribution in [3.05, 3.63) is 53.8 Å². The van der Waals surface area contributed by atoms with Crippen LogP contribution in [0.4, 0.5) is 4.39 Å². The molecule has 1 N–H and O–H groups in total. The van der Waals surface area contributed by atoms with E-state index < -0.39 is 5.82 Å². The van der Waals surface area contributed by atoms with Gasteiger partial charge in [-0.1, -0.05) is 29.4 Å². The van der Waals surface area contributed by atoms with E-state index in [1.807, 2.05) is 31.2 Å². The molecule has 0 aliphatic rings. The van der Waals surface area contributed by atoms with Crippen molar-refractivity contribution in [1.29, 1.82) is 0 Å². The third-order valence-electron chi connectivity index (χ3n) is 3.00. The van der Waals surface area contributed by atoms with Crippen LogP contribution in [0.25, 0.3) is 22.8 Å². The SMILES string of the molecule is Cc1ccccc1-c1noc(-c2cc(F)ccc2O)n1. The molecular formula is C15H11FN2O2. The van der Waals surface area contributed by atoms with Crippen LogP contribution in [0.5, 0.6) is 5.75 Å². The molecule has 100 valence electrons. The molecule has 0 bridgehead atoms. The Morgan fingerprint density at radius 2 is 1.90 bits per heavy atom. The summed E-state index contributed by atoms with van der Waals surface area (Å²) in [6.07, 6.45) is 0. The second kappa shape index (κ2) is 4.77. The normalized spacial score (nSPS) is 10.7. The third kappa shape index (κ3) is 2.14. The Kier molecular flexibility index (Phi) is 2.95. The number of hydrogen-bond acceptors (Lipinski definition) is 4. The van der Waals surface area contributed by atoms with E-state index in [4.69, 9.17) is 4.52 Å². The number of hydrogen-bond donors (Lipinski definition) is 1. The summed E-state index contributed by atoms with van der Waals surface area (Å²) >= 11 is 0. The highest BCUT2D eigenvalue weighted by atomic mass is 19.1. The van der Waals surface area contributed by atoms with Crippen molar-refractivity contribution in [2.75, 3.05) is 0 Å². The fourth-order valence-corrected chi connectivity index (χ4v) is 1.95. The summed E-state index contributed by atoms with van der Waals surface area (Å²) in [5, 5.41) is 13.6. The van der Waals surface area contributed by atoms with Gasteiger partial charge in [0.25, 0.3) is 5.89 Å². The minimum absolute atomic E-state index is 0.0836. The molecule has 1 heterocycles. The number of aromatic hydroxyl groups is 1. The van der Waals surface area contributed by atoms with Gasteiger partial charge >= 0.3 is 0 Å². The van der Waals surface area contributed by atoms with Crippen molar-refractivity contribution < 1.29 is 14.0 Å². The van der Waals surface area contributed by atoms with Crippen LogP contribution in [-0.2, 0) is 0 Å². The van der Waals surface area contributed by atoms with E-state index in [-0.39, 0.29) is 17.2 Å². The first kappa shape index (κ1) is 12.3. The lowest BCUT2D eigenvalue weighted by molar-refractivity contribution is 0.425. The van der Waals surface area contributed by atoms with Crippen LogP contribution in [0.3, 0.4) is 0 Å². The summed E-state index contributed by atoms with van der Waals surface area (Å²) in [6, 6.07) is 11.2. The zero-order valence-corrected chi connectivity index (χ0v) is 10.7. The molecule has 2 aromatic carbocycles. The Hall–Kier alpha value is -2.69. The first-order valence-corrected chi connectivity index (χ1v) is 6.04. The number of aromatic nitrogens is 2. The molecule has 0 radical (unpaired) electrons. The van der Waals surface area contributed by atoms with Gasteiger partial charge in [-0.2, -0.15) is 4.98 Å². The Bertz CT molecular complexity index is 768. The zero-order valence-electron chi connectivity index (χ0n) is 10.7. The van der Waals surface area contributed by atoms with Gasteiger partial charge in [-0.25, -0.2) is 4.39 Å². The average molecular weight is 270 g/mol. The predicted molar refractivity (Wildman–Crippen MR) is 71.5 cm³/mol. The van der Waals surface area contributed by atoms with Gasteiger partial charge in [0.1, 0.15) is 11.6 Å². The van der Waals surface area contributed by atoms with E-state index in [0.717, 1.165) is 23.3 Å². The van der Waals surface area contributed by atoms with Crippen molar-refractivity contribution in [1.82, 2.24) is 10.1 Å². The quantitative estimate of drug-likeness (QED) is 0.773. The van der Waals surface area contributed by atoms with Crippen LogP contribution in [0.15, 0.2) is 47.0 Å². The molecule has 20 heavy (non-hydrogen) atoms. The van der Waals surface area contributed by atoms with Gasteiger partial charge in [0.05, 0.1) is 5.56 Å². The Morgan fingerprint density at radius 3 is 2.70 bits per heavy atom. The summed E-state index contributed by atoms with van der Waals surface area (Å²) in [5.41, 5.74) is 2.01. The summed E-state index contributed by atoms with van der Waals surface area (Å²) in [7, 11) is 0. The van der Waals surface area contributed by atoms with Crippen LogP contribution in [-0.4, -0.2) is 15.2 Å². The van der Waals surface area contributed by atoms with Gasteiger partial charge in [0, 0.05) is 5.56 Å². The highest BCUT2D eigenvalue weighted by Crippen LogP contribution is 2.30. The predicted octanol–water partition coefficient (Wildman–Crippen LogP) is 3.56. The fraction of sp³-hybridized carbons (Fsp3) is 0.0667. The number of halogens is 1. The Labute approximate surface area is 114 Å². The van der Waals surface area contributed by atoms with Crippen LogP contribution >= 0.6 is 0 Å². The Balaban J connectivity index is 2.07. The highest BCUT2D eigenvalue weighted by Gasteiger charge is 2.15. The number of aryl methyl sites for hydroxylation is 1. The van der Waals surface area contributed by atoms with Gasteiger partial charge in [0.2, 0.25) is 5.82 Å². The van der Waals surface area contributed by atoms with E-state index in [0.29, 0.717) is 5.82 Å². The van der Waals surface area contributed by atoms with Crippen molar-refractivity contribution in [3.8, 4) is 28.6 Å². The summed E-state index contributed by atoms with van der Waals surface area (Å²) in [5.74, 6) is -0.0955. The average Bonchev–Trinajstić information content (AvgIpc) is 2.91. The van der Waals surface area contributed by atoms with Crippen molar-refractivity contribution in [2.45, 2.75) is 6.92 Å². The molecule has 0 spiro atoms. The van der Waals surface area contributed by atoms with Gasteiger partial charge in [-0.3, -0.25) is 0 Å². The van der Waals surface area contributed by atoms with Gasteiger partial charge in [-0.05, 0) is 30.7 Å². The summed E-state index contributed by atoms with van der Waals surface area (Å²) < 4.78 is 18.3. The molecule has 5 heteroatoms. The van der Waals surface area contributed by atoms with Crippen molar-refractivity contribution in [2.24, 2.45) is 0 Å². The summed E-state index contributed by atoms with van der Waals surface area (Å²) in [6.45, 7) is 1.94. The maximum atomic E-state index is 13.2. The minimum atomic E-state index is -0.478. The Morgan fingerprint density at radius 1 is 1.10 bits per heavy atom. The maximum absolute atomic E-state index is 13.2. The first-order valence-electron chi connectivity index (χ1n) is 6.04. The lowest BCUT2D eigenvalue weighted by atomic mass is 10.1. The molecule has 0 aliphatic heterocycles. The van der Waals surface area contributed by atoms with Crippen LogP contribution < -0.4 is 0 Å². The molecule has 1 aromatic heterocycles. The maximum Gasteiger partial charge on any atom is 0.262 e. The summed E-state index contributed by atoms with van der Waals surface area (Å²) in [4.78, 5) is 4.21. The van der Waals surface area contributed by atoms with Crippen molar-refractivity contribution >= 4 is 0 Å². The van der Waals surface area contributed by atoms with Crippen molar-refractivity contribution in [3.63, 3.8) is 0 Å². The fourth-order valence-electron chi connectivity index (χ4n) is 1.95. The molecular weight excluding hydrogens is 259 g/mol. The molecule has 0 aliphatic carbocycles. The number of phenolic OH excluding ortho intramolecular Hbond substituents is 1. The van der Waals surface area contributed by atoms with Crippen LogP contribution in [0.1, 0.15) is 5.56 Å². The lowest BCUT2D eigenvalue weighted by Crippen LogP contribution is -1.85. The molecule has 0 atom stereocenters. The molecule has 0 amide bonds. The molecule has 0 unspecified atom stereocenters. The van der Waals surface area contributed by atoms with E-state index in [2.05, 4.69) is 10.1 Å². The highest BCUT2D eigenvalue weighted by molar-refractivity contribution is 5.66. The number of benzene rings is 2. The minimum Gasteiger partial charge on any atom is -0.507 e. The second-order valence-corrected chi connectivity index (χ2v) is 4.40. The van der Waals surface area contributed by atoms with E-state index >= 15 is 0 Å². The number of phenols is 1. The van der Waals surface area contributed by atoms with E-state index in [9.17, 15) is 9.50 Å². The standard InChI is InChI=1S/C15H11FN2O2/c1-9-4-2-3-5-11(9)14-17-15(20-18-14)12-8-10(16)6-7-13(12)19/h2-8,19H,1H3. The molecule has 0 saturated heterocycles. The third-order valence-corrected chi connectivity index (χ3v) is 3.00.